The molecule has 0 heterocycles. The number of likely N-dealkylation sites (N-methyl/N-ethyl adjacent to an activating group) is 1. The van der Waals surface area contributed by atoms with Crippen LogP contribution in [0.15, 0.2) is 53.6 Å². The van der Waals surface area contributed by atoms with Gasteiger partial charge in [0.15, 0.2) is 6.61 Å². The molecule has 2 aromatic carbocycles. The lowest BCUT2D eigenvalue weighted by Crippen LogP contribution is -2.27. The zero-order valence-corrected chi connectivity index (χ0v) is 14.8. The van der Waals surface area contributed by atoms with Crippen molar-refractivity contribution in [2.75, 3.05) is 26.1 Å². The second-order valence-corrected chi connectivity index (χ2v) is 5.68. The Morgan fingerprint density at radius 1 is 1.19 bits per heavy atom. The maximum absolute atomic E-state index is 11.5. The standard InChI is InChI=1S/C18H20N4O4/c1-13(19-20-16-6-4-5-7-17(16)22(24)25)14-8-10-15(11-9-14)26-12-18(23)21(2)3/h4-11,20H,12H2,1-3H3/b19-13-. The molecule has 0 aliphatic rings. The minimum Gasteiger partial charge on any atom is -0.484 e. The molecule has 0 aliphatic heterocycles. The predicted octanol–water partition coefficient (Wildman–Crippen LogP) is 2.90. The van der Waals surface area contributed by atoms with Gasteiger partial charge in [-0.15, -0.1) is 0 Å². The van der Waals surface area contributed by atoms with Crippen LogP contribution in [0.3, 0.4) is 0 Å². The fourth-order valence-corrected chi connectivity index (χ4v) is 2.00. The van der Waals surface area contributed by atoms with Gasteiger partial charge in [-0.05, 0) is 42.8 Å². The molecule has 0 fully saturated rings. The fourth-order valence-electron chi connectivity index (χ4n) is 2.00. The largest absolute Gasteiger partial charge is 0.484 e. The molecule has 1 N–H and O–H groups in total. The van der Waals surface area contributed by atoms with E-state index in [-0.39, 0.29) is 18.2 Å². The van der Waals surface area contributed by atoms with Crippen molar-refractivity contribution < 1.29 is 14.5 Å². The zero-order valence-electron chi connectivity index (χ0n) is 14.8. The van der Waals surface area contributed by atoms with Gasteiger partial charge in [0, 0.05) is 20.2 Å². The number of ether oxygens (including phenoxy) is 1. The Labute approximate surface area is 151 Å². The van der Waals surface area contributed by atoms with Gasteiger partial charge in [-0.3, -0.25) is 20.3 Å². The summed E-state index contributed by atoms with van der Waals surface area (Å²) in [6.07, 6.45) is 0. The summed E-state index contributed by atoms with van der Waals surface area (Å²) in [6.45, 7) is 1.76. The van der Waals surface area contributed by atoms with Crippen LogP contribution in [-0.4, -0.2) is 42.1 Å². The second-order valence-electron chi connectivity index (χ2n) is 5.68. The molecule has 0 radical (unpaired) electrons. The normalized spacial score (nSPS) is 11.0. The van der Waals surface area contributed by atoms with Gasteiger partial charge in [-0.25, -0.2) is 0 Å². The van der Waals surface area contributed by atoms with E-state index in [0.717, 1.165) is 5.56 Å². The van der Waals surface area contributed by atoms with Gasteiger partial charge in [0.05, 0.1) is 10.6 Å². The molecular weight excluding hydrogens is 336 g/mol. The van der Waals surface area contributed by atoms with Crippen molar-refractivity contribution in [3.63, 3.8) is 0 Å². The summed E-state index contributed by atoms with van der Waals surface area (Å²) in [5.74, 6) is 0.448. The van der Waals surface area contributed by atoms with E-state index >= 15 is 0 Å². The smallest absolute Gasteiger partial charge is 0.294 e. The van der Waals surface area contributed by atoms with Crippen LogP contribution in [0.2, 0.25) is 0 Å². The Morgan fingerprint density at radius 3 is 2.46 bits per heavy atom. The third-order valence-electron chi connectivity index (χ3n) is 3.58. The van der Waals surface area contributed by atoms with E-state index in [1.807, 2.05) is 0 Å². The Morgan fingerprint density at radius 2 is 1.85 bits per heavy atom. The third-order valence-corrected chi connectivity index (χ3v) is 3.58. The fraction of sp³-hybridized carbons (Fsp3) is 0.222. The van der Waals surface area contributed by atoms with Crippen LogP contribution in [-0.2, 0) is 4.79 Å². The molecular formula is C18H20N4O4. The zero-order chi connectivity index (χ0) is 19.1. The van der Waals surface area contributed by atoms with E-state index in [1.54, 1.807) is 63.5 Å². The Hall–Kier alpha value is -3.42. The summed E-state index contributed by atoms with van der Waals surface area (Å²) in [7, 11) is 3.33. The number of hydrogen-bond acceptors (Lipinski definition) is 6. The van der Waals surface area contributed by atoms with Crippen molar-refractivity contribution in [3.8, 4) is 5.75 Å². The predicted molar refractivity (Wildman–Crippen MR) is 99.6 cm³/mol. The number of para-hydroxylation sites is 2. The van der Waals surface area contributed by atoms with Crippen LogP contribution in [0, 0.1) is 10.1 Å². The number of hydrogen-bond donors (Lipinski definition) is 1. The first-order chi connectivity index (χ1) is 12.4. The Balaban J connectivity index is 2.03. The SMILES string of the molecule is C/C(=N/Nc1ccccc1[N+](=O)[O-])c1ccc(OCC(=O)N(C)C)cc1. The van der Waals surface area contributed by atoms with Crippen LogP contribution in [0.5, 0.6) is 5.75 Å². The quantitative estimate of drug-likeness (QED) is 0.467. The molecule has 0 saturated carbocycles. The average Bonchev–Trinajstić information content (AvgIpc) is 2.64. The summed E-state index contributed by atoms with van der Waals surface area (Å²) in [5, 5.41) is 15.2. The van der Waals surface area contributed by atoms with Gasteiger partial charge in [-0.1, -0.05) is 12.1 Å². The highest BCUT2D eigenvalue weighted by atomic mass is 16.6. The van der Waals surface area contributed by atoms with E-state index in [4.69, 9.17) is 4.74 Å². The molecule has 0 bridgehead atoms. The first kappa shape index (κ1) is 18.9. The number of rotatable bonds is 7. The number of anilines is 1. The van der Waals surface area contributed by atoms with Crippen molar-refractivity contribution in [1.82, 2.24) is 4.90 Å². The lowest BCUT2D eigenvalue weighted by atomic mass is 10.1. The molecule has 26 heavy (non-hydrogen) atoms. The highest BCUT2D eigenvalue weighted by molar-refractivity contribution is 5.99. The van der Waals surface area contributed by atoms with Gasteiger partial charge in [0.2, 0.25) is 0 Å². The Bertz CT molecular complexity index is 816. The van der Waals surface area contributed by atoms with Crippen molar-refractivity contribution in [1.29, 1.82) is 0 Å². The molecule has 136 valence electrons. The first-order valence-corrected chi connectivity index (χ1v) is 7.85. The van der Waals surface area contributed by atoms with Gasteiger partial charge >= 0.3 is 0 Å². The van der Waals surface area contributed by atoms with Gasteiger partial charge in [0.25, 0.3) is 11.6 Å². The molecule has 0 saturated heterocycles. The third kappa shape index (κ3) is 5.04. The lowest BCUT2D eigenvalue weighted by molar-refractivity contribution is -0.384. The van der Waals surface area contributed by atoms with Gasteiger partial charge < -0.3 is 9.64 Å². The molecule has 0 aromatic heterocycles. The summed E-state index contributed by atoms with van der Waals surface area (Å²) < 4.78 is 5.41. The van der Waals surface area contributed by atoms with Crippen LogP contribution < -0.4 is 10.2 Å². The average molecular weight is 356 g/mol. The molecule has 1 amide bonds. The molecule has 0 atom stereocenters. The molecule has 8 heteroatoms. The van der Waals surface area contributed by atoms with Gasteiger partial charge in [0.1, 0.15) is 11.4 Å². The number of carbonyl (C=O) groups excluding carboxylic acids is 1. The van der Waals surface area contributed by atoms with Crippen LogP contribution in [0.4, 0.5) is 11.4 Å². The van der Waals surface area contributed by atoms with Crippen LogP contribution in [0.25, 0.3) is 0 Å². The maximum Gasteiger partial charge on any atom is 0.294 e. The number of carbonyl (C=O) groups is 1. The van der Waals surface area contributed by atoms with Gasteiger partial charge in [-0.2, -0.15) is 5.10 Å². The highest BCUT2D eigenvalue weighted by Gasteiger charge is 2.11. The monoisotopic (exact) mass is 356 g/mol. The molecule has 0 aliphatic carbocycles. The van der Waals surface area contributed by atoms with E-state index in [2.05, 4.69) is 10.5 Å². The summed E-state index contributed by atoms with van der Waals surface area (Å²) in [6, 6.07) is 13.4. The van der Waals surface area contributed by atoms with E-state index in [9.17, 15) is 14.9 Å². The minimum absolute atomic E-state index is 0.0291. The first-order valence-electron chi connectivity index (χ1n) is 7.85. The van der Waals surface area contributed by atoms with Crippen LogP contribution >= 0.6 is 0 Å². The molecule has 0 spiro atoms. The summed E-state index contributed by atoms with van der Waals surface area (Å²) in [4.78, 5) is 23.5. The maximum atomic E-state index is 11.5. The van der Waals surface area contributed by atoms with Crippen molar-refractivity contribution in [3.05, 3.63) is 64.2 Å². The number of nitro groups is 1. The number of hydrazone groups is 1. The van der Waals surface area contributed by atoms with E-state index in [0.29, 0.717) is 17.1 Å². The summed E-state index contributed by atoms with van der Waals surface area (Å²) >= 11 is 0. The minimum atomic E-state index is -0.464. The second kappa shape index (κ2) is 8.61. The number of nitro benzene ring substituents is 1. The van der Waals surface area contributed by atoms with Crippen LogP contribution in [0.1, 0.15) is 12.5 Å². The molecule has 2 aromatic rings. The van der Waals surface area contributed by atoms with Crippen molar-refractivity contribution >= 4 is 23.0 Å². The molecule has 2 rings (SSSR count). The van der Waals surface area contributed by atoms with Crippen molar-refractivity contribution in [2.24, 2.45) is 5.10 Å². The molecule has 0 unspecified atom stereocenters. The topological polar surface area (TPSA) is 97.1 Å². The summed E-state index contributed by atoms with van der Waals surface area (Å²) in [5.41, 5.74) is 4.47. The molecule has 8 nitrogen and oxygen atoms in total. The van der Waals surface area contributed by atoms with Crippen molar-refractivity contribution in [2.45, 2.75) is 6.92 Å². The number of nitrogens with one attached hydrogen (secondary N) is 1. The number of nitrogens with zero attached hydrogens (tertiary/aromatic N) is 3. The Kier molecular flexibility index (Phi) is 6.26. The van der Waals surface area contributed by atoms with E-state index < -0.39 is 4.92 Å². The lowest BCUT2D eigenvalue weighted by Gasteiger charge is -2.11. The highest BCUT2D eigenvalue weighted by Crippen LogP contribution is 2.23. The number of amides is 1. The van der Waals surface area contributed by atoms with E-state index in [1.165, 1.54) is 11.0 Å². The number of benzene rings is 2.